The van der Waals surface area contributed by atoms with Crippen molar-refractivity contribution in [2.75, 3.05) is 4.72 Å². The predicted molar refractivity (Wildman–Crippen MR) is 78.0 cm³/mol. The number of nitrogens with one attached hydrogen (secondary N) is 1. The number of hydrogen-bond acceptors (Lipinski definition) is 4. The number of sulfonamides is 1. The molecule has 0 aliphatic heterocycles. The quantitative estimate of drug-likeness (QED) is 0.656. The molecule has 0 unspecified atom stereocenters. The van der Waals surface area contributed by atoms with Crippen molar-refractivity contribution in [1.82, 2.24) is 0 Å². The lowest BCUT2D eigenvalue weighted by Crippen LogP contribution is -2.13. The number of nitro benzene ring substituents is 1. The summed E-state index contributed by atoms with van der Waals surface area (Å²) in [5.41, 5.74) is -0.612. The summed E-state index contributed by atoms with van der Waals surface area (Å²) in [4.78, 5) is 9.27. The van der Waals surface area contributed by atoms with Crippen molar-refractivity contribution < 1.29 is 17.7 Å². The first-order chi connectivity index (χ1) is 9.79. The van der Waals surface area contributed by atoms with Gasteiger partial charge in [0, 0.05) is 16.2 Å². The molecule has 0 spiro atoms. The minimum atomic E-state index is -4.04. The molecule has 1 N–H and O–H groups in total. The Morgan fingerprint density at radius 1 is 1.14 bits per heavy atom. The molecule has 0 aliphatic rings. The maximum atomic E-state index is 13.2. The van der Waals surface area contributed by atoms with E-state index in [0.29, 0.717) is 6.07 Å². The van der Waals surface area contributed by atoms with Gasteiger partial charge in [-0.3, -0.25) is 14.8 Å². The van der Waals surface area contributed by atoms with Crippen molar-refractivity contribution in [3.63, 3.8) is 0 Å². The van der Waals surface area contributed by atoms with Crippen LogP contribution in [0.2, 0.25) is 0 Å². The van der Waals surface area contributed by atoms with Crippen LogP contribution in [0.25, 0.3) is 0 Å². The largest absolute Gasteiger partial charge is 0.306 e. The lowest BCUT2D eigenvalue weighted by Gasteiger charge is -2.08. The molecule has 0 aliphatic carbocycles. The predicted octanol–water partition coefficient (Wildman–Crippen LogP) is 3.30. The molecule has 2 aromatic carbocycles. The van der Waals surface area contributed by atoms with Gasteiger partial charge in [-0.05, 0) is 36.4 Å². The van der Waals surface area contributed by atoms with E-state index < -0.39 is 31.3 Å². The highest BCUT2D eigenvalue weighted by Gasteiger charge is 2.21. The van der Waals surface area contributed by atoms with Crippen LogP contribution in [-0.4, -0.2) is 13.3 Å². The van der Waals surface area contributed by atoms with Gasteiger partial charge in [-0.15, -0.1) is 0 Å². The number of nitrogens with zero attached hydrogens (tertiary/aromatic N) is 1. The van der Waals surface area contributed by atoms with Crippen LogP contribution in [0, 0.1) is 15.9 Å². The molecule has 0 radical (unpaired) electrons. The summed E-state index contributed by atoms with van der Waals surface area (Å²) in [5, 5.41) is 10.6. The Morgan fingerprint density at radius 2 is 1.76 bits per heavy atom. The molecule has 21 heavy (non-hydrogen) atoms. The molecule has 0 aromatic heterocycles. The molecule has 0 fully saturated rings. The maximum absolute atomic E-state index is 13.2. The Labute approximate surface area is 127 Å². The summed E-state index contributed by atoms with van der Waals surface area (Å²) in [7, 11) is -4.04. The minimum absolute atomic E-state index is 0.283. The second kappa shape index (κ2) is 5.78. The van der Waals surface area contributed by atoms with Crippen molar-refractivity contribution in [2.45, 2.75) is 4.90 Å². The third kappa shape index (κ3) is 3.56. The number of anilines is 1. The van der Waals surface area contributed by atoms with Gasteiger partial charge in [-0.2, -0.15) is 4.39 Å². The summed E-state index contributed by atoms with van der Waals surface area (Å²) in [6.07, 6.45) is 0. The fraction of sp³-hybridized carbons (Fsp3) is 0. The van der Waals surface area contributed by atoms with Crippen LogP contribution < -0.4 is 4.72 Å². The van der Waals surface area contributed by atoms with Gasteiger partial charge in [0.2, 0.25) is 5.82 Å². The molecule has 9 heteroatoms. The molecule has 0 heterocycles. The first kappa shape index (κ1) is 15.4. The van der Waals surface area contributed by atoms with Gasteiger partial charge >= 0.3 is 5.69 Å². The number of halogens is 2. The third-order valence-electron chi connectivity index (χ3n) is 2.52. The Bertz CT molecular complexity index is 793. The van der Waals surface area contributed by atoms with Crippen LogP contribution >= 0.6 is 15.9 Å². The maximum Gasteiger partial charge on any atom is 0.306 e. The van der Waals surface area contributed by atoms with Gasteiger partial charge < -0.3 is 0 Å². The van der Waals surface area contributed by atoms with E-state index >= 15 is 0 Å². The molecule has 0 amide bonds. The molecule has 2 rings (SSSR count). The Balaban J connectivity index is 2.38. The van der Waals surface area contributed by atoms with Gasteiger partial charge in [-0.25, -0.2) is 8.42 Å². The molecule has 2 aromatic rings. The van der Waals surface area contributed by atoms with Crippen molar-refractivity contribution in [3.8, 4) is 0 Å². The van der Waals surface area contributed by atoms with Crippen LogP contribution in [0.1, 0.15) is 0 Å². The van der Waals surface area contributed by atoms with E-state index in [1.165, 1.54) is 12.1 Å². The lowest BCUT2D eigenvalue weighted by atomic mass is 10.3. The summed E-state index contributed by atoms with van der Waals surface area (Å²) in [5.74, 6) is -1.09. The first-order valence-electron chi connectivity index (χ1n) is 5.52. The Morgan fingerprint density at radius 3 is 2.33 bits per heavy atom. The zero-order valence-corrected chi connectivity index (χ0v) is 12.7. The normalized spacial score (nSPS) is 11.1. The Kier molecular flexibility index (Phi) is 4.24. The second-order valence-corrected chi connectivity index (χ2v) is 6.58. The molecule has 0 bridgehead atoms. The van der Waals surface area contributed by atoms with E-state index in [1.54, 1.807) is 12.1 Å². The fourth-order valence-electron chi connectivity index (χ4n) is 1.53. The van der Waals surface area contributed by atoms with Crippen LogP contribution in [-0.2, 0) is 10.0 Å². The highest BCUT2D eigenvalue weighted by Crippen LogP contribution is 2.24. The second-order valence-electron chi connectivity index (χ2n) is 3.98. The number of nitro groups is 1. The van der Waals surface area contributed by atoms with E-state index in [1.807, 2.05) is 0 Å². The zero-order chi connectivity index (χ0) is 15.6. The number of benzene rings is 2. The molecular formula is C12H8BrFN2O4S. The fourth-order valence-corrected chi connectivity index (χ4v) is 2.87. The summed E-state index contributed by atoms with van der Waals surface area (Å²) in [6.45, 7) is 0. The van der Waals surface area contributed by atoms with Crippen molar-refractivity contribution in [1.29, 1.82) is 0 Å². The van der Waals surface area contributed by atoms with Crippen LogP contribution in [0.15, 0.2) is 51.8 Å². The minimum Gasteiger partial charge on any atom is -0.280 e. The standard InChI is InChI=1S/C12H8BrFN2O4S/c13-8-1-3-9(4-2-8)15-21(19,20)10-5-6-11(14)12(7-10)16(17)18/h1-7,15H. The van der Waals surface area contributed by atoms with Gasteiger partial charge in [-0.1, -0.05) is 15.9 Å². The molecule has 6 nitrogen and oxygen atoms in total. The number of hydrogen-bond donors (Lipinski definition) is 1. The zero-order valence-electron chi connectivity index (χ0n) is 10.3. The van der Waals surface area contributed by atoms with Gasteiger partial charge in [0.05, 0.1) is 9.82 Å². The van der Waals surface area contributed by atoms with Gasteiger partial charge in [0.1, 0.15) is 0 Å². The van der Waals surface area contributed by atoms with Crippen LogP contribution in [0.3, 0.4) is 0 Å². The van der Waals surface area contributed by atoms with Crippen molar-refractivity contribution in [3.05, 3.63) is 62.9 Å². The SMILES string of the molecule is O=[N+]([O-])c1cc(S(=O)(=O)Nc2ccc(Br)cc2)ccc1F. The molecular weight excluding hydrogens is 367 g/mol. The average molecular weight is 375 g/mol. The Hall–Kier alpha value is -2.00. The lowest BCUT2D eigenvalue weighted by molar-refractivity contribution is -0.387. The number of rotatable bonds is 4. The van der Waals surface area contributed by atoms with Crippen molar-refractivity contribution >= 4 is 37.3 Å². The molecule has 0 saturated carbocycles. The monoisotopic (exact) mass is 374 g/mol. The van der Waals surface area contributed by atoms with Crippen LogP contribution in [0.4, 0.5) is 15.8 Å². The summed E-state index contributed by atoms with van der Waals surface area (Å²) < 4.78 is 40.4. The van der Waals surface area contributed by atoms with E-state index in [2.05, 4.69) is 20.7 Å². The van der Waals surface area contributed by atoms with E-state index in [0.717, 1.165) is 16.6 Å². The summed E-state index contributed by atoms with van der Waals surface area (Å²) in [6, 6.07) is 8.67. The summed E-state index contributed by atoms with van der Waals surface area (Å²) >= 11 is 3.21. The van der Waals surface area contributed by atoms with Gasteiger partial charge in [0.25, 0.3) is 10.0 Å². The van der Waals surface area contributed by atoms with E-state index in [4.69, 9.17) is 0 Å². The topological polar surface area (TPSA) is 89.3 Å². The third-order valence-corrected chi connectivity index (χ3v) is 4.43. The molecule has 110 valence electrons. The highest BCUT2D eigenvalue weighted by molar-refractivity contribution is 9.10. The highest BCUT2D eigenvalue weighted by atomic mass is 79.9. The first-order valence-corrected chi connectivity index (χ1v) is 7.79. The van der Waals surface area contributed by atoms with Gasteiger partial charge in [0.15, 0.2) is 0 Å². The van der Waals surface area contributed by atoms with E-state index in [-0.39, 0.29) is 5.69 Å². The molecule has 0 atom stereocenters. The molecule has 0 saturated heterocycles. The van der Waals surface area contributed by atoms with Crippen LogP contribution in [0.5, 0.6) is 0 Å². The smallest absolute Gasteiger partial charge is 0.280 e. The van der Waals surface area contributed by atoms with Crippen molar-refractivity contribution in [2.24, 2.45) is 0 Å². The average Bonchev–Trinajstić information content (AvgIpc) is 2.41. The van der Waals surface area contributed by atoms with E-state index in [9.17, 15) is 22.9 Å².